The van der Waals surface area contributed by atoms with Crippen molar-refractivity contribution in [3.8, 4) is 5.69 Å². The molecule has 1 radical (unpaired) electrons. The lowest BCUT2D eigenvalue weighted by Crippen LogP contribution is -2.16. The molecule has 0 amide bonds. The number of alkyl halides is 4. The first-order chi connectivity index (χ1) is 8.89. The summed E-state index contributed by atoms with van der Waals surface area (Å²) < 4.78 is 52.1. The minimum absolute atomic E-state index is 0.197. The molecular formula is C12H9F4N2O. The molecule has 101 valence electrons. The third-order valence-corrected chi connectivity index (χ3v) is 2.38. The summed E-state index contributed by atoms with van der Waals surface area (Å²) in [5.74, 6) is 0. The summed E-state index contributed by atoms with van der Waals surface area (Å²) in [6.45, 7) is 0. The van der Waals surface area contributed by atoms with E-state index in [9.17, 15) is 17.6 Å². The first-order valence-electron chi connectivity index (χ1n) is 5.27. The highest BCUT2D eigenvalue weighted by Crippen LogP contribution is 2.34. The average molecular weight is 273 g/mol. The molecule has 0 saturated carbocycles. The van der Waals surface area contributed by atoms with Crippen molar-refractivity contribution in [1.29, 1.82) is 0 Å². The van der Waals surface area contributed by atoms with Crippen LogP contribution in [0.15, 0.2) is 36.5 Å². The maximum absolute atomic E-state index is 13.0. The molecule has 0 aliphatic carbocycles. The number of rotatable bonds is 3. The average Bonchev–Trinajstić information content (AvgIpc) is 2.72. The van der Waals surface area contributed by atoms with E-state index in [-0.39, 0.29) is 5.69 Å². The van der Waals surface area contributed by atoms with Gasteiger partial charge in [0.15, 0.2) is 5.69 Å². The van der Waals surface area contributed by atoms with E-state index in [2.05, 4.69) is 5.10 Å². The second-order valence-corrected chi connectivity index (χ2v) is 3.73. The van der Waals surface area contributed by atoms with Gasteiger partial charge in [-0.3, -0.25) is 0 Å². The van der Waals surface area contributed by atoms with Crippen molar-refractivity contribution in [2.24, 2.45) is 0 Å². The first kappa shape index (κ1) is 13.5. The molecule has 1 atom stereocenters. The highest BCUT2D eigenvalue weighted by molar-refractivity contribution is 5.38. The Bertz CT molecular complexity index is 549. The molecule has 0 aliphatic heterocycles. The van der Waals surface area contributed by atoms with Crippen molar-refractivity contribution in [3.05, 3.63) is 54.2 Å². The van der Waals surface area contributed by atoms with Crippen molar-refractivity contribution < 1.29 is 22.7 Å². The van der Waals surface area contributed by atoms with Crippen molar-refractivity contribution in [2.45, 2.75) is 12.5 Å². The largest absolute Gasteiger partial charge is 0.433 e. The highest BCUT2D eigenvalue weighted by Gasteiger charge is 2.39. The number of halogens is 4. The zero-order valence-electron chi connectivity index (χ0n) is 9.47. The topological polar surface area (TPSA) is 38.1 Å². The molecule has 19 heavy (non-hydrogen) atoms. The monoisotopic (exact) mass is 273 g/mol. The van der Waals surface area contributed by atoms with Crippen molar-refractivity contribution >= 4 is 0 Å². The maximum Gasteiger partial charge on any atom is 0.433 e. The van der Waals surface area contributed by atoms with Crippen LogP contribution in [0.2, 0.25) is 0 Å². The van der Waals surface area contributed by atoms with Gasteiger partial charge in [-0.1, -0.05) is 18.2 Å². The molecule has 1 N–H and O–H groups in total. The SMILES string of the molecule is OC(F)[CH]c1cnn(-c2ccccc2)c1C(F)(F)F. The van der Waals surface area contributed by atoms with E-state index in [1.807, 2.05) is 0 Å². The van der Waals surface area contributed by atoms with Gasteiger partial charge in [-0.05, 0) is 12.1 Å². The van der Waals surface area contributed by atoms with Gasteiger partial charge in [0.1, 0.15) is 0 Å². The second-order valence-electron chi connectivity index (χ2n) is 3.73. The first-order valence-corrected chi connectivity index (χ1v) is 5.27. The lowest BCUT2D eigenvalue weighted by Gasteiger charge is -2.12. The van der Waals surface area contributed by atoms with Gasteiger partial charge in [0, 0.05) is 5.56 Å². The molecule has 2 aromatic rings. The molecule has 2 rings (SSSR count). The van der Waals surface area contributed by atoms with E-state index in [0.29, 0.717) is 11.1 Å². The lowest BCUT2D eigenvalue weighted by atomic mass is 10.1. The van der Waals surface area contributed by atoms with Crippen molar-refractivity contribution in [2.75, 3.05) is 0 Å². The summed E-state index contributed by atoms with van der Waals surface area (Å²) in [7, 11) is 0. The number of aromatic nitrogens is 2. The number of nitrogens with zero attached hydrogens (tertiary/aromatic N) is 2. The molecule has 3 nitrogen and oxygen atoms in total. The van der Waals surface area contributed by atoms with Gasteiger partial charge in [0.05, 0.1) is 18.3 Å². The Morgan fingerprint density at radius 3 is 2.37 bits per heavy atom. The van der Waals surface area contributed by atoms with E-state index in [1.54, 1.807) is 18.2 Å². The van der Waals surface area contributed by atoms with E-state index < -0.39 is 23.8 Å². The van der Waals surface area contributed by atoms with Crippen LogP contribution in [0.5, 0.6) is 0 Å². The third kappa shape index (κ3) is 2.93. The molecule has 0 fully saturated rings. The van der Waals surface area contributed by atoms with Crippen LogP contribution in [0.3, 0.4) is 0 Å². The van der Waals surface area contributed by atoms with Gasteiger partial charge in [0.25, 0.3) is 0 Å². The van der Waals surface area contributed by atoms with Crippen LogP contribution < -0.4 is 0 Å². The van der Waals surface area contributed by atoms with Crippen molar-refractivity contribution in [1.82, 2.24) is 9.78 Å². The Morgan fingerprint density at radius 2 is 1.84 bits per heavy atom. The van der Waals surface area contributed by atoms with Gasteiger partial charge in [-0.2, -0.15) is 18.3 Å². The minimum atomic E-state index is -4.72. The predicted molar refractivity (Wildman–Crippen MR) is 59.1 cm³/mol. The van der Waals surface area contributed by atoms with Crippen LogP contribution in [-0.2, 0) is 6.18 Å². The van der Waals surface area contributed by atoms with E-state index in [0.717, 1.165) is 6.20 Å². The molecule has 1 unspecified atom stereocenters. The standard InChI is InChI=1S/C12H9F4N2O/c13-10(19)6-8-7-17-18(11(8)12(14,15)16)9-4-2-1-3-5-9/h1-7,10,19H. The van der Waals surface area contributed by atoms with Crippen molar-refractivity contribution in [3.63, 3.8) is 0 Å². The van der Waals surface area contributed by atoms with Gasteiger partial charge >= 0.3 is 6.18 Å². The van der Waals surface area contributed by atoms with Gasteiger partial charge in [-0.25, -0.2) is 9.07 Å². The van der Waals surface area contributed by atoms with Crippen LogP contribution in [0.4, 0.5) is 17.6 Å². The zero-order valence-corrected chi connectivity index (χ0v) is 9.47. The van der Waals surface area contributed by atoms with Crippen LogP contribution >= 0.6 is 0 Å². The Morgan fingerprint density at radius 1 is 1.21 bits per heavy atom. The molecule has 1 aromatic carbocycles. The zero-order chi connectivity index (χ0) is 14.0. The number of hydrogen-bond acceptors (Lipinski definition) is 2. The van der Waals surface area contributed by atoms with E-state index in [1.165, 1.54) is 12.1 Å². The Labute approximate surface area is 106 Å². The summed E-state index contributed by atoms with van der Waals surface area (Å²) in [6.07, 6.45) is -5.88. The maximum atomic E-state index is 13.0. The van der Waals surface area contributed by atoms with Crippen LogP contribution in [0.1, 0.15) is 11.3 Å². The summed E-state index contributed by atoms with van der Waals surface area (Å²) >= 11 is 0. The Hall–Kier alpha value is -1.89. The normalized spacial score (nSPS) is 13.5. The number of aliphatic hydroxyl groups is 1. The van der Waals surface area contributed by atoms with Gasteiger partial charge < -0.3 is 5.11 Å². The number of benzene rings is 1. The Balaban J connectivity index is 2.54. The fourth-order valence-corrected chi connectivity index (χ4v) is 1.68. The second kappa shape index (κ2) is 5.00. The van der Waals surface area contributed by atoms with Gasteiger partial charge in [-0.15, -0.1) is 0 Å². The fraction of sp³-hybridized carbons (Fsp3) is 0.167. The van der Waals surface area contributed by atoms with Crippen LogP contribution in [-0.4, -0.2) is 21.2 Å². The molecule has 1 heterocycles. The summed E-state index contributed by atoms with van der Waals surface area (Å²) in [5.41, 5.74) is -1.44. The third-order valence-electron chi connectivity index (χ3n) is 2.38. The van der Waals surface area contributed by atoms with E-state index in [4.69, 9.17) is 5.11 Å². The number of hydrogen-bond donors (Lipinski definition) is 1. The molecule has 0 bridgehead atoms. The van der Waals surface area contributed by atoms with Crippen LogP contribution in [0.25, 0.3) is 5.69 Å². The molecule has 7 heteroatoms. The molecule has 0 saturated heterocycles. The molecular weight excluding hydrogens is 264 g/mol. The van der Waals surface area contributed by atoms with Crippen LogP contribution in [0, 0.1) is 6.42 Å². The fourth-order valence-electron chi connectivity index (χ4n) is 1.68. The highest BCUT2D eigenvalue weighted by atomic mass is 19.4. The summed E-state index contributed by atoms with van der Waals surface area (Å²) in [4.78, 5) is 0. The molecule has 1 aromatic heterocycles. The summed E-state index contributed by atoms with van der Waals surface area (Å²) in [5, 5.41) is 12.1. The minimum Gasteiger partial charge on any atom is -0.364 e. The van der Waals surface area contributed by atoms with Gasteiger partial charge in [0.2, 0.25) is 6.36 Å². The number of aliphatic hydroxyl groups excluding tert-OH is 1. The molecule has 0 spiro atoms. The predicted octanol–water partition coefficient (Wildman–Crippen LogP) is 2.73. The smallest absolute Gasteiger partial charge is 0.364 e. The molecule has 0 aliphatic rings. The Kier molecular flexibility index (Phi) is 3.57. The number of para-hydroxylation sites is 1. The lowest BCUT2D eigenvalue weighted by molar-refractivity contribution is -0.143. The van der Waals surface area contributed by atoms with E-state index >= 15 is 0 Å². The quantitative estimate of drug-likeness (QED) is 0.873. The summed E-state index contributed by atoms with van der Waals surface area (Å²) in [6, 6.07) is 7.66.